The van der Waals surface area contributed by atoms with Crippen LogP contribution in [0.15, 0.2) is 18.2 Å². The van der Waals surface area contributed by atoms with E-state index in [4.69, 9.17) is 11.6 Å². The number of aliphatic hydroxyl groups excluding tert-OH is 1. The van der Waals surface area contributed by atoms with Crippen LogP contribution in [-0.2, 0) is 12.8 Å². The van der Waals surface area contributed by atoms with Crippen molar-refractivity contribution in [3.63, 3.8) is 0 Å². The lowest BCUT2D eigenvalue weighted by Crippen LogP contribution is -2.15. The molecule has 1 atom stereocenters. The minimum atomic E-state index is -0.681. The molecule has 1 unspecified atom stereocenters. The van der Waals surface area contributed by atoms with Gasteiger partial charge in [-0.25, -0.2) is 9.37 Å². The summed E-state index contributed by atoms with van der Waals surface area (Å²) in [6.07, 6.45) is -0.0629. The van der Waals surface area contributed by atoms with Crippen molar-refractivity contribution in [3.8, 4) is 0 Å². The van der Waals surface area contributed by atoms with Gasteiger partial charge in [-0.1, -0.05) is 17.7 Å². The van der Waals surface area contributed by atoms with E-state index >= 15 is 0 Å². The first-order chi connectivity index (χ1) is 8.97. The third kappa shape index (κ3) is 3.53. The SMILES string of the molecule is Cc1nc(CC(O)Cc2c(F)cccc2Cl)sc1C. The van der Waals surface area contributed by atoms with Crippen LogP contribution >= 0.6 is 22.9 Å². The molecule has 2 rings (SSSR count). The number of hydrogen-bond donors (Lipinski definition) is 1. The lowest BCUT2D eigenvalue weighted by Gasteiger charge is -2.11. The summed E-state index contributed by atoms with van der Waals surface area (Å²) in [7, 11) is 0. The topological polar surface area (TPSA) is 33.1 Å². The van der Waals surface area contributed by atoms with E-state index in [1.54, 1.807) is 23.5 Å². The van der Waals surface area contributed by atoms with Crippen molar-refractivity contribution in [1.82, 2.24) is 4.98 Å². The molecule has 0 aliphatic carbocycles. The van der Waals surface area contributed by atoms with E-state index in [1.807, 2.05) is 13.8 Å². The van der Waals surface area contributed by atoms with Crippen molar-refractivity contribution in [2.24, 2.45) is 0 Å². The lowest BCUT2D eigenvalue weighted by molar-refractivity contribution is 0.174. The Bertz CT molecular complexity index is 545. The quantitative estimate of drug-likeness (QED) is 0.934. The molecule has 1 heterocycles. The molecule has 2 aromatic rings. The minimum Gasteiger partial charge on any atom is -0.392 e. The highest BCUT2D eigenvalue weighted by atomic mass is 35.5. The molecule has 0 aliphatic rings. The number of aliphatic hydroxyl groups is 1. The molecule has 1 aromatic heterocycles. The summed E-state index contributed by atoms with van der Waals surface area (Å²) in [6.45, 7) is 3.94. The molecule has 1 aromatic carbocycles. The number of rotatable bonds is 4. The summed E-state index contributed by atoms with van der Waals surface area (Å²) < 4.78 is 13.6. The first-order valence-corrected chi connectivity index (χ1v) is 7.20. The van der Waals surface area contributed by atoms with Crippen LogP contribution in [0, 0.1) is 19.7 Å². The third-order valence-electron chi connectivity index (χ3n) is 2.98. The Labute approximate surface area is 120 Å². The van der Waals surface area contributed by atoms with Gasteiger partial charge >= 0.3 is 0 Å². The molecule has 2 nitrogen and oxygen atoms in total. The molecule has 19 heavy (non-hydrogen) atoms. The number of aromatic nitrogens is 1. The predicted molar refractivity (Wildman–Crippen MR) is 76.4 cm³/mol. The van der Waals surface area contributed by atoms with E-state index < -0.39 is 6.10 Å². The molecule has 0 amide bonds. The van der Waals surface area contributed by atoms with Gasteiger partial charge in [-0.3, -0.25) is 0 Å². The van der Waals surface area contributed by atoms with Gasteiger partial charge in [0.05, 0.1) is 16.8 Å². The molecule has 0 spiro atoms. The molecule has 0 aliphatic heterocycles. The summed E-state index contributed by atoms with van der Waals surface area (Å²) in [5, 5.41) is 11.3. The van der Waals surface area contributed by atoms with Crippen LogP contribution in [0.5, 0.6) is 0 Å². The van der Waals surface area contributed by atoms with Gasteiger partial charge in [-0.05, 0) is 26.0 Å². The first-order valence-electron chi connectivity index (χ1n) is 6.01. The summed E-state index contributed by atoms with van der Waals surface area (Å²) in [6, 6.07) is 4.54. The zero-order valence-electron chi connectivity index (χ0n) is 10.8. The van der Waals surface area contributed by atoms with Gasteiger partial charge in [-0.2, -0.15) is 0 Å². The fourth-order valence-electron chi connectivity index (χ4n) is 1.86. The zero-order valence-corrected chi connectivity index (χ0v) is 12.4. The number of thiazole rings is 1. The van der Waals surface area contributed by atoms with Crippen molar-refractivity contribution in [2.45, 2.75) is 32.8 Å². The Kier molecular flexibility index (Phi) is 4.55. The zero-order chi connectivity index (χ0) is 14.0. The second-order valence-electron chi connectivity index (χ2n) is 4.51. The van der Waals surface area contributed by atoms with Crippen LogP contribution in [0.3, 0.4) is 0 Å². The van der Waals surface area contributed by atoms with Crippen LogP contribution in [-0.4, -0.2) is 16.2 Å². The van der Waals surface area contributed by atoms with E-state index in [-0.39, 0.29) is 12.2 Å². The van der Waals surface area contributed by atoms with Gasteiger partial charge < -0.3 is 5.11 Å². The number of hydrogen-bond acceptors (Lipinski definition) is 3. The number of halogens is 2. The maximum atomic E-state index is 13.6. The monoisotopic (exact) mass is 299 g/mol. The fraction of sp³-hybridized carbons (Fsp3) is 0.357. The lowest BCUT2D eigenvalue weighted by atomic mass is 10.1. The Balaban J connectivity index is 2.07. The maximum Gasteiger partial charge on any atom is 0.127 e. The van der Waals surface area contributed by atoms with Crippen molar-refractivity contribution < 1.29 is 9.50 Å². The van der Waals surface area contributed by atoms with E-state index in [2.05, 4.69) is 4.98 Å². The van der Waals surface area contributed by atoms with Crippen LogP contribution in [0.1, 0.15) is 21.1 Å². The Morgan fingerprint density at radius 1 is 1.37 bits per heavy atom. The van der Waals surface area contributed by atoms with Crippen molar-refractivity contribution in [3.05, 3.63) is 50.2 Å². The summed E-state index contributed by atoms with van der Waals surface area (Å²) >= 11 is 7.51. The highest BCUT2D eigenvalue weighted by Gasteiger charge is 2.15. The highest BCUT2D eigenvalue weighted by molar-refractivity contribution is 7.11. The molecular weight excluding hydrogens is 285 g/mol. The second kappa shape index (κ2) is 5.99. The number of benzene rings is 1. The Morgan fingerprint density at radius 2 is 2.11 bits per heavy atom. The van der Waals surface area contributed by atoms with E-state index in [1.165, 1.54) is 6.07 Å². The average Bonchev–Trinajstić information content (AvgIpc) is 2.63. The van der Waals surface area contributed by atoms with Crippen LogP contribution in [0.4, 0.5) is 4.39 Å². The number of nitrogens with zero attached hydrogens (tertiary/aromatic N) is 1. The first kappa shape index (κ1) is 14.4. The molecule has 0 bridgehead atoms. The molecule has 0 saturated carbocycles. The van der Waals surface area contributed by atoms with Crippen molar-refractivity contribution in [2.75, 3.05) is 0 Å². The van der Waals surface area contributed by atoms with Gasteiger partial charge in [0, 0.05) is 28.3 Å². The van der Waals surface area contributed by atoms with Crippen LogP contribution in [0.25, 0.3) is 0 Å². The van der Waals surface area contributed by atoms with E-state index in [9.17, 15) is 9.50 Å². The van der Waals surface area contributed by atoms with Gasteiger partial charge in [0.25, 0.3) is 0 Å². The fourth-order valence-corrected chi connectivity index (χ4v) is 3.11. The van der Waals surface area contributed by atoms with E-state index in [0.29, 0.717) is 17.0 Å². The highest BCUT2D eigenvalue weighted by Crippen LogP contribution is 2.23. The average molecular weight is 300 g/mol. The van der Waals surface area contributed by atoms with Gasteiger partial charge in [-0.15, -0.1) is 11.3 Å². The van der Waals surface area contributed by atoms with Crippen LogP contribution in [0.2, 0.25) is 5.02 Å². The molecule has 0 radical (unpaired) electrons. The van der Waals surface area contributed by atoms with Crippen LogP contribution < -0.4 is 0 Å². The van der Waals surface area contributed by atoms with Crippen molar-refractivity contribution in [1.29, 1.82) is 0 Å². The minimum absolute atomic E-state index is 0.198. The molecule has 0 fully saturated rings. The van der Waals surface area contributed by atoms with Gasteiger partial charge in [0.2, 0.25) is 0 Å². The largest absolute Gasteiger partial charge is 0.392 e. The van der Waals surface area contributed by atoms with Crippen molar-refractivity contribution >= 4 is 22.9 Å². The molecule has 5 heteroatoms. The van der Waals surface area contributed by atoms with E-state index in [0.717, 1.165) is 15.6 Å². The Hall–Kier alpha value is -0.970. The number of aryl methyl sites for hydroxylation is 2. The second-order valence-corrected chi connectivity index (χ2v) is 6.21. The van der Waals surface area contributed by atoms with Gasteiger partial charge in [0.15, 0.2) is 0 Å². The normalized spacial score (nSPS) is 12.7. The summed E-state index contributed by atoms with van der Waals surface area (Å²) in [4.78, 5) is 5.51. The molecular formula is C14H15ClFNOS. The smallest absolute Gasteiger partial charge is 0.127 e. The molecule has 102 valence electrons. The standard InChI is InChI=1S/C14H15ClFNOS/c1-8-9(2)19-14(17-8)7-10(18)6-11-12(15)4-3-5-13(11)16/h3-5,10,18H,6-7H2,1-2H3. The summed E-state index contributed by atoms with van der Waals surface area (Å²) in [5.74, 6) is -0.377. The third-order valence-corrected chi connectivity index (χ3v) is 4.43. The maximum absolute atomic E-state index is 13.6. The predicted octanol–water partition coefficient (Wildman–Crippen LogP) is 3.70. The molecule has 1 N–H and O–H groups in total. The van der Waals surface area contributed by atoms with Gasteiger partial charge in [0.1, 0.15) is 5.82 Å². The Morgan fingerprint density at radius 3 is 2.68 bits per heavy atom. The summed E-state index contributed by atoms with van der Waals surface area (Å²) in [5.41, 5.74) is 1.35. The molecule has 0 saturated heterocycles.